The Morgan fingerprint density at radius 2 is 2.17 bits per heavy atom. The largest absolute Gasteiger partial charge is 0.391 e. The summed E-state index contributed by atoms with van der Waals surface area (Å²) in [5.74, 6) is 0.323. The third kappa shape index (κ3) is 3.79. The van der Waals surface area contributed by atoms with E-state index >= 15 is 0 Å². The van der Waals surface area contributed by atoms with Crippen LogP contribution in [0.25, 0.3) is 27.9 Å². The monoisotopic (exact) mass is 493 g/mol. The minimum atomic E-state index is -1.14. The van der Waals surface area contributed by atoms with Crippen molar-refractivity contribution in [3.05, 3.63) is 42.4 Å². The van der Waals surface area contributed by atoms with Gasteiger partial charge in [-0.25, -0.2) is 14.4 Å². The summed E-state index contributed by atoms with van der Waals surface area (Å²) >= 11 is 0. The van der Waals surface area contributed by atoms with Crippen LogP contribution in [-0.4, -0.2) is 73.7 Å². The number of aromatic nitrogens is 5. The number of nitrogens with zero attached hydrogens (tertiary/aromatic N) is 5. The molecule has 1 amide bonds. The average Bonchev–Trinajstić information content (AvgIpc) is 3.61. The van der Waals surface area contributed by atoms with E-state index in [0.717, 1.165) is 23.8 Å². The molecular formula is C25H28FN7O3. The van der Waals surface area contributed by atoms with E-state index < -0.39 is 12.3 Å². The van der Waals surface area contributed by atoms with Crippen molar-refractivity contribution in [1.29, 1.82) is 0 Å². The topological polar surface area (TPSA) is 119 Å². The molecule has 36 heavy (non-hydrogen) atoms. The fourth-order valence-electron chi connectivity index (χ4n) is 5.34. The van der Waals surface area contributed by atoms with Gasteiger partial charge in [-0.2, -0.15) is 9.61 Å². The molecule has 0 bridgehead atoms. The Bertz CT molecular complexity index is 1430. The van der Waals surface area contributed by atoms with E-state index in [-0.39, 0.29) is 24.6 Å². The number of carbonyl (C=O) groups is 1. The van der Waals surface area contributed by atoms with Crippen LogP contribution in [0, 0.1) is 0 Å². The lowest BCUT2D eigenvalue weighted by atomic mass is 10.1. The molecule has 11 heteroatoms. The lowest BCUT2D eigenvalue weighted by Gasteiger charge is -2.27. The Morgan fingerprint density at radius 3 is 2.94 bits per heavy atom. The van der Waals surface area contributed by atoms with E-state index in [4.69, 9.17) is 9.72 Å². The van der Waals surface area contributed by atoms with Crippen molar-refractivity contribution in [2.24, 2.45) is 0 Å². The van der Waals surface area contributed by atoms with Crippen molar-refractivity contribution in [2.45, 2.75) is 50.0 Å². The smallest absolute Gasteiger partial charge is 0.257 e. The van der Waals surface area contributed by atoms with Gasteiger partial charge in [-0.15, -0.1) is 0 Å². The number of anilines is 1. The molecule has 1 aliphatic carbocycles. The second-order valence-corrected chi connectivity index (χ2v) is 9.42. The number of pyridine rings is 1. The quantitative estimate of drug-likeness (QED) is 0.391. The van der Waals surface area contributed by atoms with Crippen molar-refractivity contribution >= 4 is 28.4 Å². The Kier molecular flexibility index (Phi) is 5.81. The highest BCUT2D eigenvalue weighted by atomic mass is 19.1. The van der Waals surface area contributed by atoms with E-state index in [0.29, 0.717) is 47.8 Å². The molecule has 4 aromatic rings. The van der Waals surface area contributed by atoms with Gasteiger partial charge in [-0.05, 0) is 37.8 Å². The van der Waals surface area contributed by atoms with Crippen LogP contribution in [-0.2, 0) is 4.74 Å². The second kappa shape index (κ2) is 9.14. The number of alkyl halides is 1. The first kappa shape index (κ1) is 22.9. The Balaban J connectivity index is 1.46. The van der Waals surface area contributed by atoms with E-state index in [1.54, 1.807) is 17.8 Å². The second-order valence-electron chi connectivity index (χ2n) is 9.42. The molecule has 10 nitrogen and oxygen atoms in total. The number of halogens is 1. The fraction of sp³-hybridized carbons (Fsp3) is 0.440. The molecule has 0 unspecified atom stereocenters. The van der Waals surface area contributed by atoms with Crippen LogP contribution >= 0.6 is 0 Å². The van der Waals surface area contributed by atoms with Gasteiger partial charge in [-0.1, -0.05) is 0 Å². The molecule has 6 rings (SSSR count). The minimum absolute atomic E-state index is 0.0601. The van der Waals surface area contributed by atoms with E-state index in [9.17, 15) is 14.3 Å². The van der Waals surface area contributed by atoms with Crippen LogP contribution in [0.5, 0.6) is 0 Å². The van der Waals surface area contributed by atoms with Crippen LogP contribution in [0.15, 0.2) is 36.8 Å². The summed E-state index contributed by atoms with van der Waals surface area (Å²) in [7, 11) is 1.77. The number of nitrogens with one attached hydrogen (secondary N) is 2. The van der Waals surface area contributed by atoms with Gasteiger partial charge in [0.1, 0.15) is 23.2 Å². The van der Waals surface area contributed by atoms with Crippen molar-refractivity contribution in [3.8, 4) is 11.3 Å². The number of amides is 1. The molecule has 4 atom stereocenters. The van der Waals surface area contributed by atoms with Crippen LogP contribution in [0.3, 0.4) is 0 Å². The molecule has 3 N–H and O–H groups in total. The molecule has 0 aromatic carbocycles. The molecule has 188 valence electrons. The Morgan fingerprint density at radius 1 is 1.28 bits per heavy atom. The SMILES string of the molecule is CNc1cc(-c2cn([C@H]3CCOC[C@@H]3F)c3ncccc23)nc2c(C(=O)N[C@@H]3CCC[C@@H]3O)cnn12. The summed E-state index contributed by atoms with van der Waals surface area (Å²) in [6.45, 7) is 0.551. The minimum Gasteiger partial charge on any atom is -0.391 e. The van der Waals surface area contributed by atoms with Crippen molar-refractivity contribution in [2.75, 3.05) is 25.6 Å². The molecule has 1 aliphatic heterocycles. The number of aliphatic hydroxyl groups excluding tert-OH is 1. The lowest BCUT2D eigenvalue weighted by molar-refractivity contribution is 0.00443. The summed E-state index contributed by atoms with van der Waals surface area (Å²) in [6.07, 6.45) is 6.24. The number of hydrogen-bond donors (Lipinski definition) is 3. The highest BCUT2D eigenvalue weighted by Crippen LogP contribution is 2.35. The van der Waals surface area contributed by atoms with Gasteiger partial charge in [0, 0.05) is 43.1 Å². The predicted octanol–water partition coefficient (Wildman–Crippen LogP) is 2.73. The molecule has 1 saturated carbocycles. The lowest BCUT2D eigenvalue weighted by Crippen LogP contribution is -2.39. The first-order valence-corrected chi connectivity index (χ1v) is 12.3. The molecular weight excluding hydrogens is 465 g/mol. The van der Waals surface area contributed by atoms with E-state index in [1.165, 1.54) is 6.20 Å². The van der Waals surface area contributed by atoms with Gasteiger partial charge < -0.3 is 25.0 Å². The number of hydrogen-bond acceptors (Lipinski definition) is 7. The van der Waals surface area contributed by atoms with Gasteiger partial charge in [0.15, 0.2) is 5.65 Å². The first-order chi connectivity index (χ1) is 17.5. The summed E-state index contributed by atoms with van der Waals surface area (Å²) in [4.78, 5) is 22.5. The highest BCUT2D eigenvalue weighted by molar-refractivity contribution is 6.01. The Hall–Kier alpha value is -3.57. The molecule has 1 saturated heterocycles. The van der Waals surface area contributed by atoms with Gasteiger partial charge >= 0.3 is 0 Å². The number of ether oxygens (including phenoxy) is 1. The highest BCUT2D eigenvalue weighted by Gasteiger charge is 2.31. The number of rotatable bonds is 5. The third-order valence-corrected chi connectivity index (χ3v) is 7.24. The normalized spacial score (nSPS) is 24.4. The Labute approximate surface area is 206 Å². The average molecular weight is 494 g/mol. The maximum absolute atomic E-state index is 14.8. The van der Waals surface area contributed by atoms with Gasteiger partial charge in [0.05, 0.1) is 36.7 Å². The maximum Gasteiger partial charge on any atom is 0.257 e. The van der Waals surface area contributed by atoms with Crippen LogP contribution in [0.2, 0.25) is 0 Å². The predicted molar refractivity (Wildman–Crippen MR) is 132 cm³/mol. The van der Waals surface area contributed by atoms with E-state index in [2.05, 4.69) is 20.7 Å². The van der Waals surface area contributed by atoms with Crippen molar-refractivity contribution in [1.82, 2.24) is 29.5 Å². The molecule has 2 fully saturated rings. The standard InChI is InChI=1S/C25H28FN7O3/c1-27-22-10-19(30-24-15(11-29-33(22)24)25(35)31-18-5-2-6-21(18)34)16-12-32(20-7-9-36-13-17(20)26)23-14(16)4-3-8-28-23/h3-4,8,10-12,17-18,20-21,27,34H,2,5-7,9,13H2,1H3,(H,31,35)/t17-,18+,20-,21-/m0/s1. The maximum atomic E-state index is 14.8. The number of fused-ring (bicyclic) bond motifs is 2. The van der Waals surface area contributed by atoms with Crippen LogP contribution < -0.4 is 10.6 Å². The van der Waals surface area contributed by atoms with Gasteiger partial charge in [-0.3, -0.25) is 4.79 Å². The van der Waals surface area contributed by atoms with Gasteiger partial charge in [0.25, 0.3) is 5.91 Å². The fourth-order valence-corrected chi connectivity index (χ4v) is 5.34. The zero-order valence-electron chi connectivity index (χ0n) is 19.9. The van der Waals surface area contributed by atoms with Crippen LogP contribution in [0.4, 0.5) is 10.2 Å². The zero-order chi connectivity index (χ0) is 24.8. The van der Waals surface area contributed by atoms with E-state index in [1.807, 2.05) is 29.0 Å². The number of carbonyl (C=O) groups excluding carboxylic acids is 1. The summed E-state index contributed by atoms with van der Waals surface area (Å²) in [6, 6.07) is 4.97. The molecule has 4 aromatic heterocycles. The van der Waals surface area contributed by atoms with Crippen molar-refractivity contribution < 1.29 is 19.0 Å². The van der Waals surface area contributed by atoms with Crippen LogP contribution in [0.1, 0.15) is 42.1 Å². The third-order valence-electron chi connectivity index (χ3n) is 7.24. The van der Waals surface area contributed by atoms with Crippen molar-refractivity contribution in [3.63, 3.8) is 0 Å². The summed E-state index contributed by atoms with van der Waals surface area (Å²) in [5, 5.41) is 21.4. The molecule has 0 spiro atoms. The summed E-state index contributed by atoms with van der Waals surface area (Å²) in [5.41, 5.74) is 2.79. The molecule has 2 aliphatic rings. The zero-order valence-corrected chi connectivity index (χ0v) is 19.9. The van der Waals surface area contributed by atoms with Gasteiger partial charge in [0.2, 0.25) is 0 Å². The number of aliphatic hydroxyl groups is 1. The molecule has 5 heterocycles. The molecule has 0 radical (unpaired) electrons. The summed E-state index contributed by atoms with van der Waals surface area (Å²) < 4.78 is 23.6. The first-order valence-electron chi connectivity index (χ1n) is 12.3.